The fraction of sp³-hybridized carbons (Fsp3) is 0.613. The number of ether oxygens (including phenoxy) is 4. The molecule has 4 atom stereocenters. The summed E-state index contributed by atoms with van der Waals surface area (Å²) in [6.07, 6.45) is 7.74. The van der Waals surface area contributed by atoms with Gasteiger partial charge in [0.05, 0.1) is 53.6 Å². The molecule has 0 amide bonds. The summed E-state index contributed by atoms with van der Waals surface area (Å²) in [5, 5.41) is 11.6. The lowest BCUT2D eigenvalue weighted by molar-refractivity contribution is -0.167. The molecule has 2 aliphatic rings. The van der Waals surface area contributed by atoms with Crippen LogP contribution in [0.15, 0.2) is 36.4 Å². The third kappa shape index (κ3) is 14.2. The van der Waals surface area contributed by atoms with E-state index in [4.69, 9.17) is 69.5 Å². The maximum Gasteiger partial charge on any atom is 0.194 e. The van der Waals surface area contributed by atoms with Crippen molar-refractivity contribution in [2.45, 2.75) is 75.8 Å². The minimum absolute atomic E-state index is 0.00774. The van der Waals surface area contributed by atoms with Gasteiger partial charge in [-0.05, 0) is 86.8 Å². The van der Waals surface area contributed by atoms with Gasteiger partial charge in [-0.2, -0.15) is 0 Å². The van der Waals surface area contributed by atoms with Crippen LogP contribution < -0.4 is 0 Å². The van der Waals surface area contributed by atoms with E-state index < -0.39 is 0 Å². The van der Waals surface area contributed by atoms with Crippen LogP contribution in [0.4, 0.5) is 0 Å². The second-order valence-electron chi connectivity index (χ2n) is 10.4. The average molecular weight is 717 g/mol. The predicted octanol–water partition coefficient (Wildman–Crippen LogP) is 9.17. The molecule has 2 aromatic carbocycles. The summed E-state index contributed by atoms with van der Waals surface area (Å²) in [6, 6.07) is 11.1. The van der Waals surface area contributed by atoms with Gasteiger partial charge in [-0.25, -0.2) is 4.89 Å². The first-order chi connectivity index (χ1) is 21.4. The van der Waals surface area contributed by atoms with Crippen molar-refractivity contribution in [1.82, 2.24) is 0 Å². The molecule has 0 bridgehead atoms. The summed E-state index contributed by atoms with van der Waals surface area (Å²) in [7, 11) is 1.42. The van der Waals surface area contributed by atoms with Gasteiger partial charge in [0, 0.05) is 25.0 Å². The van der Waals surface area contributed by atoms with Crippen LogP contribution in [0, 0.1) is 0 Å². The number of rotatable bonds is 16. The van der Waals surface area contributed by atoms with E-state index in [0.717, 1.165) is 88.0 Å². The Labute approximate surface area is 285 Å². The number of aliphatic hydroxyl groups is 1. The minimum Gasteiger partial charge on any atom is -0.396 e. The van der Waals surface area contributed by atoms with Crippen molar-refractivity contribution in [2.75, 3.05) is 46.8 Å². The summed E-state index contributed by atoms with van der Waals surface area (Å²) < 4.78 is 32.7. The minimum atomic E-state index is -0.0969. The fourth-order valence-electron chi connectivity index (χ4n) is 4.77. The molecule has 2 saturated heterocycles. The molecule has 0 saturated carbocycles. The lowest BCUT2D eigenvalue weighted by atomic mass is 9.97. The third-order valence-electron chi connectivity index (χ3n) is 7.28. The Kier molecular flexibility index (Phi) is 19.3. The zero-order valence-electron chi connectivity index (χ0n) is 24.9. The Balaban J connectivity index is 0.000000244. The lowest BCUT2D eigenvalue weighted by Gasteiger charge is -2.24. The second-order valence-corrected chi connectivity index (χ2v) is 12.6. The van der Waals surface area contributed by atoms with Gasteiger partial charge in [-0.1, -0.05) is 58.5 Å². The number of benzene rings is 2. The van der Waals surface area contributed by atoms with Crippen molar-refractivity contribution in [3.8, 4) is 0 Å². The Morgan fingerprint density at radius 1 is 0.773 bits per heavy atom. The molecule has 1 N–H and O–H groups in total. The van der Waals surface area contributed by atoms with E-state index in [-0.39, 0.29) is 31.0 Å². The van der Waals surface area contributed by atoms with E-state index in [2.05, 4.69) is 9.22 Å². The van der Waals surface area contributed by atoms with Crippen molar-refractivity contribution >= 4 is 58.7 Å². The Morgan fingerprint density at radius 2 is 1.30 bits per heavy atom. The van der Waals surface area contributed by atoms with Crippen LogP contribution >= 0.6 is 58.7 Å². The van der Waals surface area contributed by atoms with Crippen molar-refractivity contribution in [3.05, 3.63) is 67.6 Å². The first-order valence-corrected chi connectivity index (χ1v) is 17.0. The van der Waals surface area contributed by atoms with Crippen LogP contribution in [-0.4, -0.2) is 64.4 Å². The molecule has 0 spiro atoms. The normalized spacial score (nSPS) is 20.0. The largest absolute Gasteiger partial charge is 0.396 e. The van der Waals surface area contributed by atoms with Gasteiger partial charge in [0.25, 0.3) is 0 Å². The molecule has 2 heterocycles. The first-order valence-electron chi connectivity index (χ1n) is 14.9. The highest BCUT2D eigenvalue weighted by Gasteiger charge is 2.19. The maximum atomic E-state index is 9.51. The predicted molar refractivity (Wildman–Crippen MR) is 175 cm³/mol. The highest BCUT2D eigenvalue weighted by molar-refractivity contribution is 7.89. The van der Waals surface area contributed by atoms with Crippen molar-refractivity contribution < 1.29 is 37.5 Å². The number of hydrogen-bond acceptors (Lipinski definition) is 9. The average Bonchev–Trinajstić information content (AvgIpc) is 3.04. The van der Waals surface area contributed by atoms with E-state index in [0.29, 0.717) is 39.9 Å². The van der Waals surface area contributed by atoms with Crippen LogP contribution in [-0.2, 0) is 32.4 Å². The van der Waals surface area contributed by atoms with Gasteiger partial charge in [-0.15, -0.1) is 4.33 Å². The van der Waals surface area contributed by atoms with Crippen LogP contribution in [0.25, 0.3) is 0 Å². The van der Waals surface area contributed by atoms with Crippen molar-refractivity contribution in [3.63, 3.8) is 0 Å². The molecule has 248 valence electrons. The number of hydrogen-bond donors (Lipinski definition) is 1. The smallest absolute Gasteiger partial charge is 0.194 e. The molecule has 8 nitrogen and oxygen atoms in total. The van der Waals surface area contributed by atoms with Crippen molar-refractivity contribution in [2.24, 2.45) is 0 Å². The highest BCUT2D eigenvalue weighted by Crippen LogP contribution is 2.30. The molecule has 2 aliphatic heterocycles. The quantitative estimate of drug-likeness (QED) is 0.0792. The van der Waals surface area contributed by atoms with Crippen LogP contribution in [0.3, 0.4) is 0 Å². The fourth-order valence-corrected chi connectivity index (χ4v) is 5.70. The van der Waals surface area contributed by atoms with Gasteiger partial charge < -0.3 is 24.1 Å². The molecule has 44 heavy (non-hydrogen) atoms. The SMILES string of the molecule is COOSOCC(CCOC1CCCCO1)c1ccc(Cl)c(Cl)c1.OCC(CCOC1CCCCO1)c1ccc(Cl)c(Cl)c1. The molecular formula is C31H42Cl4O8S. The Morgan fingerprint density at radius 3 is 1.75 bits per heavy atom. The Bertz CT molecular complexity index is 1070. The number of aliphatic hydroxyl groups excluding tert-OH is 1. The van der Waals surface area contributed by atoms with Gasteiger partial charge in [0.1, 0.15) is 0 Å². The molecule has 2 aromatic rings. The molecule has 0 aliphatic carbocycles. The maximum absolute atomic E-state index is 9.51. The number of halogens is 4. The summed E-state index contributed by atoms with van der Waals surface area (Å²) in [6.45, 7) is 3.19. The van der Waals surface area contributed by atoms with E-state index in [1.807, 2.05) is 24.3 Å². The third-order valence-corrected chi connectivity index (χ3v) is 9.18. The van der Waals surface area contributed by atoms with Gasteiger partial charge in [0.15, 0.2) is 24.9 Å². The molecule has 13 heteroatoms. The molecule has 4 rings (SSSR count). The van der Waals surface area contributed by atoms with E-state index in [9.17, 15) is 5.11 Å². The summed E-state index contributed by atoms with van der Waals surface area (Å²) in [5.41, 5.74) is 2.02. The molecule has 2 fully saturated rings. The van der Waals surface area contributed by atoms with Crippen LogP contribution in [0.2, 0.25) is 20.1 Å². The highest BCUT2D eigenvalue weighted by atomic mass is 35.5. The van der Waals surface area contributed by atoms with Gasteiger partial charge >= 0.3 is 0 Å². The molecule has 0 radical (unpaired) electrons. The topological polar surface area (TPSA) is 84.8 Å². The first kappa shape index (κ1) is 38.1. The van der Waals surface area contributed by atoms with Gasteiger partial charge in [0.2, 0.25) is 0 Å². The molecule has 4 unspecified atom stereocenters. The zero-order valence-corrected chi connectivity index (χ0v) is 28.7. The van der Waals surface area contributed by atoms with Crippen LogP contribution in [0.5, 0.6) is 0 Å². The Hall–Kier alpha value is -0.370. The van der Waals surface area contributed by atoms with E-state index >= 15 is 0 Å². The van der Waals surface area contributed by atoms with Gasteiger partial charge in [-0.3, -0.25) is 4.18 Å². The molecule has 0 aromatic heterocycles. The van der Waals surface area contributed by atoms with Crippen molar-refractivity contribution in [1.29, 1.82) is 0 Å². The monoisotopic (exact) mass is 714 g/mol. The standard InChI is InChI=1S/C16H22Cl2O5S.C15H20Cl2O3/c1-19-23-24-22-11-13(12-5-6-14(17)15(18)10-12)7-9-21-16-4-2-3-8-20-16;16-13-5-4-11(9-14(13)17)12(10-18)6-8-20-15-3-1-2-7-19-15/h5-6,10,13,16H,2-4,7-9,11H2,1H3;4-5,9,12,15,18H,1-3,6-8,10H2. The summed E-state index contributed by atoms with van der Waals surface area (Å²) in [4.78, 5) is 4.48. The summed E-state index contributed by atoms with van der Waals surface area (Å²) in [5.74, 6) is 0.102. The molecular weight excluding hydrogens is 674 g/mol. The van der Waals surface area contributed by atoms with Crippen LogP contribution in [0.1, 0.15) is 74.3 Å². The lowest BCUT2D eigenvalue weighted by Crippen LogP contribution is -2.23. The zero-order chi connectivity index (χ0) is 31.6. The van der Waals surface area contributed by atoms with E-state index in [1.54, 1.807) is 12.1 Å². The van der Waals surface area contributed by atoms with E-state index in [1.165, 1.54) is 7.11 Å². The second kappa shape index (κ2) is 22.2. The summed E-state index contributed by atoms with van der Waals surface area (Å²) >= 11 is 24.8.